The fourth-order valence-corrected chi connectivity index (χ4v) is 17.6. The summed E-state index contributed by atoms with van der Waals surface area (Å²) in [6, 6.07) is 20.2. The maximum Gasteiger partial charge on any atom is 0.513 e. The van der Waals surface area contributed by atoms with Crippen LogP contribution in [0, 0.1) is 17.8 Å². The average molecular weight is 1220 g/mol. The summed E-state index contributed by atoms with van der Waals surface area (Å²) < 4.78 is 41.0. The van der Waals surface area contributed by atoms with E-state index in [9.17, 15) is 24.3 Å². The summed E-state index contributed by atoms with van der Waals surface area (Å²) in [5.74, 6) is 3.71. The van der Waals surface area contributed by atoms with Crippen LogP contribution in [0.15, 0.2) is 54.6 Å². The van der Waals surface area contributed by atoms with Gasteiger partial charge in [-0.3, -0.25) is 4.48 Å². The van der Waals surface area contributed by atoms with E-state index in [-0.39, 0.29) is 29.5 Å². The molecular weight excluding hydrogens is 1130 g/mol. The van der Waals surface area contributed by atoms with Gasteiger partial charge < -0.3 is 65.2 Å². The zero-order chi connectivity index (χ0) is 60.0. The number of phenols is 1. The minimum absolute atomic E-state index is 0. The molecule has 3 aromatic carbocycles. The summed E-state index contributed by atoms with van der Waals surface area (Å²) >= 11 is 5.29. The minimum Gasteiger partial charge on any atom is -1.00 e. The number of hydrogen-bond acceptors (Lipinski definition) is 15. The number of piperidine rings is 3. The Morgan fingerprint density at radius 1 is 0.565 bits per heavy atom. The molecule has 3 aliphatic heterocycles. The molecule has 3 saturated carbocycles. The quantitative estimate of drug-likeness (QED) is 0.0706. The number of halogens is 2. The highest BCUT2D eigenvalue weighted by Gasteiger charge is 2.61. The Hall–Kier alpha value is -5.00. The first-order chi connectivity index (χ1) is 40.3. The molecule has 85 heavy (non-hydrogen) atoms. The van der Waals surface area contributed by atoms with E-state index in [4.69, 9.17) is 40.0 Å². The number of ether oxygens (including phenoxy) is 8. The van der Waals surface area contributed by atoms with E-state index in [0.29, 0.717) is 71.6 Å². The number of fused-ring (bicyclic) bond motifs is 3. The summed E-state index contributed by atoms with van der Waals surface area (Å²) in [5, 5.41) is 9.91. The van der Waals surface area contributed by atoms with Gasteiger partial charge >= 0.3 is 24.6 Å². The van der Waals surface area contributed by atoms with Crippen molar-refractivity contribution in [1.82, 2.24) is 9.80 Å². The number of phenolic OH excluding ortho intramolecular Hbond substituents is 1. The van der Waals surface area contributed by atoms with Crippen molar-refractivity contribution in [3.8, 4) is 17.2 Å². The number of aromatic hydroxyl groups is 1. The number of carbonyl (C=O) groups is 4. The Kier molecular flexibility index (Phi) is 22.1. The monoisotopic (exact) mass is 1220 g/mol. The summed E-state index contributed by atoms with van der Waals surface area (Å²) in [4.78, 5) is 51.1. The van der Waals surface area contributed by atoms with E-state index in [0.717, 1.165) is 50.1 Å². The van der Waals surface area contributed by atoms with Crippen molar-refractivity contribution < 1.29 is 79.1 Å². The van der Waals surface area contributed by atoms with Gasteiger partial charge in [-0.1, -0.05) is 68.3 Å². The van der Waals surface area contributed by atoms with Crippen molar-refractivity contribution in [3.63, 3.8) is 0 Å². The van der Waals surface area contributed by atoms with E-state index in [1.807, 2.05) is 25.1 Å². The molecule has 1 N–H and O–H groups in total. The summed E-state index contributed by atoms with van der Waals surface area (Å²) in [5.41, 5.74) is 8.66. The van der Waals surface area contributed by atoms with Crippen LogP contribution in [0.1, 0.15) is 171 Å². The molecule has 3 heterocycles. The first-order valence-corrected chi connectivity index (χ1v) is 32.1. The molecule has 0 radical (unpaired) electrons. The largest absolute Gasteiger partial charge is 1.00 e. The van der Waals surface area contributed by atoms with Gasteiger partial charge in [0.15, 0.2) is 5.56 Å². The number of rotatable bonds is 9. The molecule has 9 aliphatic rings. The van der Waals surface area contributed by atoms with Crippen molar-refractivity contribution in [2.45, 2.75) is 203 Å². The Balaban J connectivity index is 0.000000158. The molecule has 3 unspecified atom stereocenters. The summed E-state index contributed by atoms with van der Waals surface area (Å²) in [6.45, 7) is 15.2. The van der Waals surface area contributed by atoms with Gasteiger partial charge in [0, 0.05) is 54.0 Å². The van der Waals surface area contributed by atoms with Gasteiger partial charge in [0.1, 0.15) is 17.2 Å². The van der Waals surface area contributed by atoms with E-state index in [1.165, 1.54) is 136 Å². The number of likely N-dealkylation sites (tertiary alicyclic amines) is 3. The second-order valence-electron chi connectivity index (χ2n) is 25.4. The molecule has 6 bridgehead atoms. The van der Waals surface area contributed by atoms with Gasteiger partial charge in [0.25, 0.3) is 0 Å². The third-order valence-corrected chi connectivity index (χ3v) is 21.5. The molecule has 0 aromatic heterocycles. The number of likely N-dealkylation sites (N-methyl/N-ethyl adjacent to an activating group) is 3. The van der Waals surface area contributed by atoms with Crippen molar-refractivity contribution in [3.05, 3.63) is 88.0 Å². The predicted molar refractivity (Wildman–Crippen MR) is 321 cm³/mol. The van der Waals surface area contributed by atoms with Crippen LogP contribution in [0.4, 0.5) is 19.2 Å². The highest BCUT2D eigenvalue weighted by Crippen LogP contribution is 2.60. The van der Waals surface area contributed by atoms with Crippen LogP contribution in [0.5, 0.6) is 17.2 Å². The predicted octanol–water partition coefficient (Wildman–Crippen LogP) is 10.7. The molecule has 3 aromatic rings. The number of alkyl halides is 1. The van der Waals surface area contributed by atoms with Crippen LogP contribution in [0.25, 0.3) is 0 Å². The lowest BCUT2D eigenvalue weighted by Gasteiger charge is -2.62. The molecule has 470 valence electrons. The van der Waals surface area contributed by atoms with Crippen LogP contribution in [0.2, 0.25) is 0 Å². The lowest BCUT2D eigenvalue weighted by molar-refractivity contribution is -0.982. The number of hydrogen-bond donors (Lipinski definition) is 1. The number of carbonyl (C=O) groups excluding carboxylic acids is 4. The van der Waals surface area contributed by atoms with Crippen molar-refractivity contribution in [2.24, 2.45) is 17.8 Å². The standard InChI is InChI=1S/C25H36NO6.C20H27NO3.C17H23NO.C5H9ClO3.ClH/c1-5-29-23(27)31-17(3)26(4)14-13-25-12-8-7-9-20(25)22(26)15-18-10-11-19(16-21(18)25)32-24(28)30-6-2;1-3-23-19(22)24-15-8-7-14-12-18-16-6-4-5-9-20(16,17(14)13-15)10-11-21(18)2;1-18-9-8-17-7-3-2-4-14(17)16(18)10-12-5-6-13(19)11-15(12)17;1-3-8-5(7)9-4(2)6;/h10-11,16-17,20,22H,5-9,12-15H2,1-4H3;7-8,13,16,18H,3-6,9-12H2,1-2H3;5-6,11,14,16,19H,2-4,7-10H2,1H3;4H,3H2,1-2H3;1H/q+1;;;;/p-1/t17?,20-,22+,25+,26?;16-,18+,20+;14-,16+,17+;;/m000../s1. The van der Waals surface area contributed by atoms with Crippen molar-refractivity contribution in [2.75, 3.05) is 67.2 Å². The van der Waals surface area contributed by atoms with Gasteiger partial charge in [0.05, 0.1) is 46.1 Å². The van der Waals surface area contributed by atoms with Crippen LogP contribution in [-0.2, 0) is 63.9 Å². The first kappa shape index (κ1) is 66.0. The molecule has 12 atom stereocenters. The Bertz CT molecular complexity index is 2800. The van der Waals surface area contributed by atoms with Gasteiger partial charge in [-0.05, 0) is 208 Å². The normalized spacial score (nSPS) is 30.5. The second kappa shape index (κ2) is 28.4. The lowest BCUT2D eigenvalue weighted by Crippen LogP contribution is -3.00. The SMILES string of the molecule is CCOC(=O)OC(C)Cl.CCOC(=O)Oc1ccc2c(c1)[C@@]13CCCC[C@H]1[C@@H](C2)N(C)CC3.CCOC(=O)Oc1ccc2c(c1)[C@@]13CCCC[C@H]1[C@@H](C2)[N+](C)(C(C)OC(=O)OCC)CC3.CN1CC[C@]23CCCC[C@H]2[C@H]1Cc1ccc(O)cc13.[Cl-]. The molecule has 3 saturated heterocycles. The molecule has 6 fully saturated rings. The van der Waals surface area contributed by atoms with Gasteiger partial charge in [-0.25, -0.2) is 19.2 Å². The highest BCUT2D eigenvalue weighted by molar-refractivity contribution is 6.19. The molecule has 6 aliphatic carbocycles. The zero-order valence-corrected chi connectivity index (χ0v) is 53.4. The molecule has 16 nitrogen and oxygen atoms in total. The van der Waals surface area contributed by atoms with Crippen LogP contribution >= 0.6 is 11.6 Å². The fraction of sp³-hybridized carbons (Fsp3) is 0.672. The maximum atomic E-state index is 12.1. The topological polar surface area (TPSA) is 169 Å². The first-order valence-electron chi connectivity index (χ1n) is 31.7. The van der Waals surface area contributed by atoms with Crippen LogP contribution in [0.3, 0.4) is 0 Å². The highest BCUT2D eigenvalue weighted by atomic mass is 35.5. The number of benzene rings is 3. The minimum atomic E-state index is -0.722. The van der Waals surface area contributed by atoms with E-state index in [2.05, 4.69) is 76.8 Å². The Morgan fingerprint density at radius 2 is 0.976 bits per heavy atom. The van der Waals surface area contributed by atoms with Gasteiger partial charge in [0.2, 0.25) is 6.23 Å². The van der Waals surface area contributed by atoms with Gasteiger partial charge in [-0.2, -0.15) is 0 Å². The van der Waals surface area contributed by atoms with Gasteiger partial charge in [-0.15, -0.1) is 0 Å². The number of nitrogens with zero attached hydrogens (tertiary/aromatic N) is 3. The molecule has 0 spiro atoms. The van der Waals surface area contributed by atoms with Crippen LogP contribution in [-0.4, -0.2) is 141 Å². The summed E-state index contributed by atoms with van der Waals surface area (Å²) in [6.07, 6.45) is 19.4. The smallest absolute Gasteiger partial charge is 0.513 e. The van der Waals surface area contributed by atoms with E-state index >= 15 is 0 Å². The maximum absolute atomic E-state index is 12.1. The summed E-state index contributed by atoms with van der Waals surface area (Å²) in [7, 11) is 6.82. The van der Waals surface area contributed by atoms with Crippen molar-refractivity contribution in [1.29, 1.82) is 0 Å². The molecule has 12 rings (SSSR count). The fourth-order valence-electron chi connectivity index (χ4n) is 17.5. The zero-order valence-electron chi connectivity index (χ0n) is 51.9. The third-order valence-electron chi connectivity index (χ3n) is 21.4. The molecule has 0 amide bonds. The Labute approximate surface area is 516 Å². The van der Waals surface area contributed by atoms with Crippen molar-refractivity contribution >= 4 is 36.2 Å². The second-order valence-corrected chi connectivity index (χ2v) is 26.0. The van der Waals surface area contributed by atoms with E-state index < -0.39 is 30.2 Å². The third kappa shape index (κ3) is 13.7. The van der Waals surface area contributed by atoms with Crippen LogP contribution < -0.4 is 21.9 Å². The number of quaternary nitrogens is 1. The lowest BCUT2D eigenvalue weighted by atomic mass is 9.52. The Morgan fingerprint density at radius 3 is 1.45 bits per heavy atom. The molecular formula is C67H95Cl2N3O13. The average Bonchev–Trinajstić information content (AvgIpc) is 0.769. The van der Waals surface area contributed by atoms with E-state index in [1.54, 1.807) is 34.6 Å². The molecule has 18 heteroatoms.